The molecule has 1 aliphatic rings. The summed E-state index contributed by atoms with van der Waals surface area (Å²) >= 11 is 10.4. The van der Waals surface area contributed by atoms with Gasteiger partial charge in [0, 0.05) is 23.9 Å². The maximum Gasteiger partial charge on any atom is 0.255 e. The number of hydrogen-bond acceptors (Lipinski definition) is 2. The number of benzene rings is 2. The topological polar surface area (TPSA) is 20.3 Å². The standard InChI is InChI=1S/C17H16ClNOS/c18-16-7-6-14(21)10-15(16)17(20)19-9-8-13(11-19)12-4-2-1-3-5-12/h1-7,10,13,21H,8-9,11H2. The van der Waals surface area contributed by atoms with Crippen LogP contribution in [0.4, 0.5) is 0 Å². The summed E-state index contributed by atoms with van der Waals surface area (Å²) in [4.78, 5) is 15.2. The molecule has 1 fully saturated rings. The van der Waals surface area contributed by atoms with Crippen LogP contribution in [0, 0.1) is 0 Å². The summed E-state index contributed by atoms with van der Waals surface area (Å²) in [6.07, 6.45) is 0.994. The molecule has 0 spiro atoms. The van der Waals surface area contributed by atoms with Gasteiger partial charge in [0.25, 0.3) is 5.91 Å². The van der Waals surface area contributed by atoms with Crippen LogP contribution in [0.5, 0.6) is 0 Å². The molecule has 0 aromatic heterocycles. The Bertz CT molecular complexity index is 659. The second-order valence-corrected chi connectivity index (χ2v) is 6.24. The average Bonchev–Trinajstić information content (AvgIpc) is 3.00. The van der Waals surface area contributed by atoms with Crippen molar-refractivity contribution in [2.24, 2.45) is 0 Å². The molecule has 21 heavy (non-hydrogen) atoms. The van der Waals surface area contributed by atoms with Crippen molar-refractivity contribution in [2.45, 2.75) is 17.2 Å². The average molecular weight is 318 g/mol. The second kappa shape index (κ2) is 6.12. The molecule has 108 valence electrons. The summed E-state index contributed by atoms with van der Waals surface area (Å²) in [6.45, 7) is 1.52. The molecule has 2 nitrogen and oxygen atoms in total. The van der Waals surface area contributed by atoms with Gasteiger partial charge in [-0.15, -0.1) is 12.6 Å². The number of likely N-dealkylation sites (tertiary alicyclic amines) is 1. The van der Waals surface area contributed by atoms with Gasteiger partial charge in [-0.3, -0.25) is 4.79 Å². The van der Waals surface area contributed by atoms with Crippen molar-refractivity contribution in [1.82, 2.24) is 4.90 Å². The Morgan fingerprint density at radius 3 is 2.71 bits per heavy atom. The summed E-state index contributed by atoms with van der Waals surface area (Å²) in [5, 5.41) is 0.487. The number of amides is 1. The molecule has 1 unspecified atom stereocenters. The van der Waals surface area contributed by atoms with E-state index in [1.54, 1.807) is 18.2 Å². The molecule has 1 heterocycles. The largest absolute Gasteiger partial charge is 0.338 e. The molecule has 1 saturated heterocycles. The van der Waals surface area contributed by atoms with E-state index in [1.165, 1.54) is 5.56 Å². The van der Waals surface area contributed by atoms with E-state index in [2.05, 4.69) is 24.8 Å². The smallest absolute Gasteiger partial charge is 0.255 e. The minimum absolute atomic E-state index is 0.00525. The maximum absolute atomic E-state index is 12.6. The third-order valence-electron chi connectivity index (χ3n) is 3.93. The zero-order valence-electron chi connectivity index (χ0n) is 11.5. The Kier molecular flexibility index (Phi) is 4.22. The summed E-state index contributed by atoms with van der Waals surface area (Å²) in [5.41, 5.74) is 1.83. The second-order valence-electron chi connectivity index (χ2n) is 5.31. The lowest BCUT2D eigenvalue weighted by Gasteiger charge is -2.17. The van der Waals surface area contributed by atoms with E-state index in [9.17, 15) is 4.79 Å². The molecule has 1 atom stereocenters. The summed E-state index contributed by atoms with van der Waals surface area (Å²) in [5.74, 6) is 0.405. The van der Waals surface area contributed by atoms with Crippen LogP contribution >= 0.6 is 24.2 Å². The van der Waals surface area contributed by atoms with Gasteiger partial charge in [0.05, 0.1) is 10.6 Å². The fourth-order valence-corrected chi connectivity index (χ4v) is 3.19. The molecule has 1 aliphatic heterocycles. The predicted octanol–water partition coefficient (Wildman–Crippen LogP) is 4.26. The SMILES string of the molecule is O=C(c1cc(S)ccc1Cl)N1CCC(c2ccccc2)C1. The molecule has 0 saturated carbocycles. The quantitative estimate of drug-likeness (QED) is 0.821. The highest BCUT2D eigenvalue weighted by molar-refractivity contribution is 7.80. The van der Waals surface area contributed by atoms with E-state index < -0.39 is 0 Å². The summed E-state index contributed by atoms with van der Waals surface area (Å²) in [6, 6.07) is 15.6. The Morgan fingerprint density at radius 1 is 1.19 bits per heavy atom. The fourth-order valence-electron chi connectivity index (χ4n) is 2.79. The van der Waals surface area contributed by atoms with Crippen LogP contribution in [0.1, 0.15) is 28.3 Å². The van der Waals surface area contributed by atoms with Crippen molar-refractivity contribution in [3.05, 3.63) is 64.7 Å². The molecule has 2 aromatic carbocycles. The molecule has 0 bridgehead atoms. The zero-order valence-corrected chi connectivity index (χ0v) is 13.1. The fraction of sp³-hybridized carbons (Fsp3) is 0.235. The van der Waals surface area contributed by atoms with Gasteiger partial charge in [-0.25, -0.2) is 0 Å². The number of carbonyl (C=O) groups excluding carboxylic acids is 1. The first-order chi connectivity index (χ1) is 10.1. The Hall–Kier alpha value is -1.45. The van der Waals surface area contributed by atoms with E-state index in [4.69, 9.17) is 11.6 Å². The first-order valence-electron chi connectivity index (χ1n) is 6.98. The first kappa shape index (κ1) is 14.5. The molecule has 2 aromatic rings. The van der Waals surface area contributed by atoms with Crippen molar-refractivity contribution in [1.29, 1.82) is 0 Å². The molecule has 3 rings (SSSR count). The van der Waals surface area contributed by atoms with E-state index in [0.29, 0.717) is 16.5 Å². The number of nitrogens with zero attached hydrogens (tertiary/aromatic N) is 1. The maximum atomic E-state index is 12.6. The summed E-state index contributed by atoms with van der Waals surface area (Å²) in [7, 11) is 0. The van der Waals surface area contributed by atoms with Gasteiger partial charge in [0.15, 0.2) is 0 Å². The lowest BCUT2D eigenvalue weighted by molar-refractivity contribution is 0.0790. The van der Waals surface area contributed by atoms with Gasteiger partial charge in [0.2, 0.25) is 0 Å². The molecule has 4 heteroatoms. The Labute approximate surface area is 135 Å². The van der Waals surface area contributed by atoms with E-state index in [0.717, 1.165) is 24.4 Å². The van der Waals surface area contributed by atoms with E-state index in [-0.39, 0.29) is 5.91 Å². The van der Waals surface area contributed by atoms with Crippen LogP contribution < -0.4 is 0 Å². The molecular formula is C17H16ClNOS. The normalized spacial score (nSPS) is 18.0. The number of hydrogen-bond donors (Lipinski definition) is 1. The lowest BCUT2D eigenvalue weighted by atomic mass is 9.99. The van der Waals surface area contributed by atoms with Crippen LogP contribution in [0.25, 0.3) is 0 Å². The monoisotopic (exact) mass is 317 g/mol. The van der Waals surface area contributed by atoms with Gasteiger partial charge in [-0.1, -0.05) is 41.9 Å². The van der Waals surface area contributed by atoms with Crippen LogP contribution in [-0.4, -0.2) is 23.9 Å². The minimum atomic E-state index is -0.00525. The van der Waals surface area contributed by atoms with Gasteiger partial charge in [0.1, 0.15) is 0 Å². The molecular weight excluding hydrogens is 302 g/mol. The van der Waals surface area contributed by atoms with Crippen molar-refractivity contribution < 1.29 is 4.79 Å². The summed E-state index contributed by atoms with van der Waals surface area (Å²) < 4.78 is 0. The number of carbonyl (C=O) groups is 1. The first-order valence-corrected chi connectivity index (χ1v) is 7.80. The van der Waals surface area contributed by atoms with Gasteiger partial charge < -0.3 is 4.90 Å². The Balaban J connectivity index is 1.77. The Morgan fingerprint density at radius 2 is 1.95 bits per heavy atom. The highest BCUT2D eigenvalue weighted by Gasteiger charge is 2.28. The van der Waals surface area contributed by atoms with Gasteiger partial charge in [-0.05, 0) is 30.2 Å². The van der Waals surface area contributed by atoms with Crippen molar-refractivity contribution in [3.63, 3.8) is 0 Å². The van der Waals surface area contributed by atoms with Crippen molar-refractivity contribution in [2.75, 3.05) is 13.1 Å². The molecule has 0 aliphatic carbocycles. The zero-order chi connectivity index (χ0) is 14.8. The number of thiol groups is 1. The highest BCUT2D eigenvalue weighted by atomic mass is 35.5. The van der Waals surface area contributed by atoms with Crippen molar-refractivity contribution >= 4 is 30.1 Å². The number of halogens is 1. The molecule has 0 N–H and O–H groups in total. The van der Waals surface area contributed by atoms with Crippen LogP contribution in [-0.2, 0) is 0 Å². The minimum Gasteiger partial charge on any atom is -0.338 e. The van der Waals surface area contributed by atoms with Crippen molar-refractivity contribution in [3.8, 4) is 0 Å². The lowest BCUT2D eigenvalue weighted by Crippen LogP contribution is -2.28. The molecule has 0 radical (unpaired) electrons. The van der Waals surface area contributed by atoms with Crippen LogP contribution in [0.3, 0.4) is 0 Å². The predicted molar refractivity (Wildman–Crippen MR) is 88.4 cm³/mol. The number of rotatable bonds is 2. The van der Waals surface area contributed by atoms with Crippen LogP contribution in [0.15, 0.2) is 53.4 Å². The molecule has 1 amide bonds. The van der Waals surface area contributed by atoms with Crippen LogP contribution in [0.2, 0.25) is 5.02 Å². The third-order valence-corrected chi connectivity index (χ3v) is 4.53. The highest BCUT2D eigenvalue weighted by Crippen LogP contribution is 2.29. The van der Waals surface area contributed by atoms with E-state index >= 15 is 0 Å². The van der Waals surface area contributed by atoms with Gasteiger partial charge >= 0.3 is 0 Å². The van der Waals surface area contributed by atoms with E-state index in [1.807, 2.05) is 23.1 Å². The van der Waals surface area contributed by atoms with Gasteiger partial charge in [-0.2, -0.15) is 0 Å². The third kappa shape index (κ3) is 3.09.